The molecular formula is C15H24N6O6S. The molecule has 0 aliphatic carbocycles. The van der Waals surface area contributed by atoms with Gasteiger partial charge in [-0.05, 0) is 18.4 Å². The molecule has 0 bridgehead atoms. The normalized spacial score (nSPS) is 25.3. The minimum absolute atomic E-state index is 0.218. The summed E-state index contributed by atoms with van der Waals surface area (Å²) in [6.45, 7) is -0.390. The molecule has 28 heavy (non-hydrogen) atoms. The number of fused-ring (bicyclic) bond motifs is 1. The molecule has 0 amide bonds. The molecular weight excluding hydrogens is 392 g/mol. The van der Waals surface area contributed by atoms with Crippen molar-refractivity contribution in [1.29, 1.82) is 0 Å². The van der Waals surface area contributed by atoms with Gasteiger partial charge in [-0.2, -0.15) is 11.8 Å². The Morgan fingerprint density at radius 3 is 2.64 bits per heavy atom. The number of aliphatic hydroxyl groups is 3. The molecule has 5 atom stereocenters. The lowest BCUT2D eigenvalue weighted by Gasteiger charge is -2.16. The van der Waals surface area contributed by atoms with Gasteiger partial charge in [-0.25, -0.2) is 15.0 Å². The number of imidazole rings is 1. The maximum absolute atomic E-state index is 10.1. The van der Waals surface area contributed by atoms with Crippen molar-refractivity contribution in [3.63, 3.8) is 0 Å². The molecule has 0 spiro atoms. The van der Waals surface area contributed by atoms with E-state index in [4.69, 9.17) is 26.4 Å². The number of thioether (sulfide) groups is 1. The zero-order valence-corrected chi connectivity index (χ0v) is 15.9. The first-order chi connectivity index (χ1) is 13.3. The molecule has 156 valence electrons. The number of hydrogen-bond acceptors (Lipinski definition) is 11. The quantitative estimate of drug-likeness (QED) is 0.308. The summed E-state index contributed by atoms with van der Waals surface area (Å²) in [6, 6.07) is -0.683. The standard InChI is InChI=1S/C10H13N5O4.C5H11NO2S/c11-8-5-9(13-2-12-8)15(3-14-5)10-7(18)6(17)4(1-16)19-10;1-9-3-2-4(6)5(7)8/h2-4,6-7,10,16-18H,1H2,(H2,11,12,13);4H,2-3,6H2,1H3,(H,7,8)/t4-,6-,7-,10+;/m1./s1. The summed E-state index contributed by atoms with van der Waals surface area (Å²) in [6.07, 6.45) is 1.05. The number of nitrogens with two attached hydrogens (primary N) is 2. The summed E-state index contributed by atoms with van der Waals surface area (Å²) >= 11 is 1.60. The van der Waals surface area contributed by atoms with Gasteiger partial charge in [0, 0.05) is 0 Å². The molecule has 3 heterocycles. The van der Waals surface area contributed by atoms with Crippen LogP contribution in [-0.2, 0) is 9.53 Å². The van der Waals surface area contributed by atoms with Crippen LogP contribution in [0.5, 0.6) is 0 Å². The van der Waals surface area contributed by atoms with Crippen LogP contribution >= 0.6 is 11.8 Å². The number of carboxylic acid groups (broad SMARTS) is 1. The molecule has 1 aliphatic rings. The summed E-state index contributed by atoms with van der Waals surface area (Å²) in [5.41, 5.74) is 11.6. The van der Waals surface area contributed by atoms with Crippen molar-refractivity contribution < 1.29 is 30.0 Å². The molecule has 1 aliphatic heterocycles. The maximum atomic E-state index is 10.1. The van der Waals surface area contributed by atoms with Crippen LogP contribution in [0.2, 0.25) is 0 Å². The summed E-state index contributed by atoms with van der Waals surface area (Å²) in [5, 5.41) is 37.0. The lowest BCUT2D eigenvalue weighted by atomic mass is 10.1. The van der Waals surface area contributed by atoms with E-state index in [2.05, 4.69) is 15.0 Å². The zero-order valence-electron chi connectivity index (χ0n) is 15.1. The Morgan fingerprint density at radius 1 is 1.36 bits per heavy atom. The van der Waals surface area contributed by atoms with E-state index in [0.717, 1.165) is 5.75 Å². The monoisotopic (exact) mass is 416 g/mol. The Morgan fingerprint density at radius 2 is 2.07 bits per heavy atom. The number of ether oxygens (including phenoxy) is 1. The van der Waals surface area contributed by atoms with Crippen LogP contribution < -0.4 is 11.5 Å². The number of hydrogen-bond donors (Lipinski definition) is 6. The first-order valence-corrected chi connectivity index (χ1v) is 9.74. The van der Waals surface area contributed by atoms with Crippen molar-refractivity contribution in [2.24, 2.45) is 5.73 Å². The minimum atomic E-state index is -1.19. The number of aliphatic carboxylic acids is 1. The van der Waals surface area contributed by atoms with Crippen LogP contribution in [0.1, 0.15) is 12.6 Å². The van der Waals surface area contributed by atoms with E-state index in [0.29, 0.717) is 17.6 Å². The van der Waals surface area contributed by atoms with Gasteiger partial charge in [-0.15, -0.1) is 0 Å². The second-order valence-corrected chi connectivity index (χ2v) is 7.02. The highest BCUT2D eigenvalue weighted by Crippen LogP contribution is 2.31. The van der Waals surface area contributed by atoms with Crippen LogP contribution in [-0.4, -0.2) is 88.9 Å². The molecule has 12 nitrogen and oxygen atoms in total. The van der Waals surface area contributed by atoms with E-state index in [1.54, 1.807) is 11.8 Å². The van der Waals surface area contributed by atoms with E-state index in [9.17, 15) is 15.0 Å². The largest absolute Gasteiger partial charge is 0.480 e. The fourth-order valence-electron chi connectivity index (χ4n) is 2.53. The fourth-order valence-corrected chi connectivity index (χ4v) is 3.02. The summed E-state index contributed by atoms with van der Waals surface area (Å²) < 4.78 is 6.85. The summed E-state index contributed by atoms with van der Waals surface area (Å²) in [4.78, 5) is 22.0. The molecule has 3 rings (SSSR count). The average Bonchev–Trinajstić information content (AvgIpc) is 3.23. The second-order valence-electron chi connectivity index (χ2n) is 6.04. The van der Waals surface area contributed by atoms with Crippen LogP contribution in [0, 0.1) is 0 Å². The number of nitrogens with zero attached hydrogens (tertiary/aromatic N) is 4. The highest BCUT2D eigenvalue weighted by molar-refractivity contribution is 7.98. The molecule has 13 heteroatoms. The topological polar surface area (TPSA) is 203 Å². The Labute approximate surface area is 164 Å². The van der Waals surface area contributed by atoms with E-state index in [-0.39, 0.29) is 5.82 Å². The van der Waals surface area contributed by atoms with Crippen molar-refractivity contribution in [3.05, 3.63) is 12.7 Å². The van der Waals surface area contributed by atoms with E-state index in [1.807, 2.05) is 6.26 Å². The Bertz CT molecular complexity index is 791. The highest BCUT2D eigenvalue weighted by atomic mass is 32.2. The molecule has 0 radical (unpaired) electrons. The number of anilines is 1. The molecule has 0 aromatic carbocycles. The van der Waals surface area contributed by atoms with Gasteiger partial charge < -0.3 is 36.6 Å². The summed E-state index contributed by atoms with van der Waals surface area (Å²) in [5.74, 6) is 0.118. The lowest BCUT2D eigenvalue weighted by molar-refractivity contribution is -0.138. The first kappa shape index (κ1) is 22.3. The molecule has 2 aromatic heterocycles. The van der Waals surface area contributed by atoms with Crippen molar-refractivity contribution in [3.8, 4) is 0 Å². The fraction of sp³-hybridized carbons (Fsp3) is 0.600. The number of aliphatic hydroxyl groups excluding tert-OH is 3. The zero-order chi connectivity index (χ0) is 20.8. The van der Waals surface area contributed by atoms with Crippen LogP contribution in [0.25, 0.3) is 11.2 Å². The van der Waals surface area contributed by atoms with Crippen molar-refractivity contribution >= 4 is 34.7 Å². The Balaban J connectivity index is 0.000000266. The van der Waals surface area contributed by atoms with Gasteiger partial charge in [0.1, 0.15) is 36.2 Å². The van der Waals surface area contributed by atoms with Crippen molar-refractivity contribution in [1.82, 2.24) is 19.5 Å². The van der Waals surface area contributed by atoms with Crippen LogP contribution in [0.4, 0.5) is 5.82 Å². The molecule has 8 N–H and O–H groups in total. The summed E-state index contributed by atoms with van der Waals surface area (Å²) in [7, 11) is 0. The number of carbonyl (C=O) groups is 1. The lowest BCUT2D eigenvalue weighted by Crippen LogP contribution is -2.33. The number of rotatable bonds is 6. The average molecular weight is 416 g/mol. The molecule has 2 aromatic rings. The highest BCUT2D eigenvalue weighted by Gasteiger charge is 2.43. The third-order valence-electron chi connectivity index (χ3n) is 4.13. The van der Waals surface area contributed by atoms with Gasteiger partial charge in [0.15, 0.2) is 17.7 Å². The molecule has 0 saturated carbocycles. The third-order valence-corrected chi connectivity index (χ3v) is 4.77. The molecule has 1 unspecified atom stereocenters. The second kappa shape index (κ2) is 9.95. The van der Waals surface area contributed by atoms with Gasteiger partial charge in [-0.3, -0.25) is 9.36 Å². The van der Waals surface area contributed by atoms with Crippen molar-refractivity contribution in [2.45, 2.75) is 37.0 Å². The number of nitrogen functional groups attached to an aromatic ring is 1. The third kappa shape index (κ3) is 4.87. The molecule has 1 saturated heterocycles. The first-order valence-electron chi connectivity index (χ1n) is 8.34. The molecule has 1 fully saturated rings. The van der Waals surface area contributed by atoms with Gasteiger partial charge in [0.2, 0.25) is 0 Å². The van der Waals surface area contributed by atoms with Gasteiger partial charge in [0.05, 0.1) is 12.9 Å². The predicted octanol–water partition coefficient (Wildman–Crippen LogP) is -1.83. The SMILES string of the molecule is CSCCC(N)C(=O)O.Nc1ncnc2c1ncn2[C@H]1O[C@H](CO)[C@@H](O)[C@H]1O. The van der Waals surface area contributed by atoms with Crippen LogP contribution in [0.3, 0.4) is 0 Å². The number of carboxylic acids is 1. The Kier molecular flexibility index (Phi) is 7.91. The van der Waals surface area contributed by atoms with Gasteiger partial charge in [-0.1, -0.05) is 0 Å². The van der Waals surface area contributed by atoms with Crippen molar-refractivity contribution in [2.75, 3.05) is 24.3 Å². The maximum Gasteiger partial charge on any atom is 0.320 e. The van der Waals surface area contributed by atoms with Crippen LogP contribution in [0.15, 0.2) is 12.7 Å². The minimum Gasteiger partial charge on any atom is -0.480 e. The van der Waals surface area contributed by atoms with E-state index >= 15 is 0 Å². The number of aromatic nitrogens is 4. The van der Waals surface area contributed by atoms with E-state index in [1.165, 1.54) is 17.2 Å². The van der Waals surface area contributed by atoms with Gasteiger partial charge in [0.25, 0.3) is 0 Å². The predicted molar refractivity (Wildman–Crippen MR) is 101 cm³/mol. The van der Waals surface area contributed by atoms with Gasteiger partial charge >= 0.3 is 5.97 Å². The van der Waals surface area contributed by atoms with E-state index < -0.39 is 43.2 Å². The Hall–Kier alpha value is -2.03. The smallest absolute Gasteiger partial charge is 0.320 e.